The van der Waals surface area contributed by atoms with E-state index < -0.39 is 11.9 Å². The van der Waals surface area contributed by atoms with Crippen molar-refractivity contribution in [3.05, 3.63) is 65.5 Å². The van der Waals surface area contributed by atoms with Gasteiger partial charge in [-0.1, -0.05) is 37.3 Å². The molecule has 2 rings (SSSR count). The number of hydrogen-bond acceptors (Lipinski definition) is 4. The van der Waals surface area contributed by atoms with Crippen LogP contribution in [-0.4, -0.2) is 32.0 Å². The third-order valence-electron chi connectivity index (χ3n) is 3.80. The lowest BCUT2D eigenvalue weighted by Gasteiger charge is -2.21. The molecular weight excluding hydrogens is 323 g/mol. The Balaban J connectivity index is 1.82. The fourth-order valence-corrected chi connectivity index (χ4v) is 2.48. The highest BCUT2D eigenvalue weighted by atomic mass is 19.1. The summed E-state index contributed by atoms with van der Waals surface area (Å²) in [5.74, 6) is 0.239. The number of hydrogen-bond donors (Lipinski definition) is 1. The van der Waals surface area contributed by atoms with Crippen molar-refractivity contribution in [2.45, 2.75) is 19.6 Å². The van der Waals surface area contributed by atoms with Crippen molar-refractivity contribution in [1.29, 1.82) is 0 Å². The minimum Gasteiger partial charge on any atom is -0.496 e. The number of benzene rings is 2. The molecule has 0 amide bonds. The van der Waals surface area contributed by atoms with Gasteiger partial charge >= 0.3 is 0 Å². The molecule has 25 heavy (non-hydrogen) atoms. The fourth-order valence-electron chi connectivity index (χ4n) is 2.48. The number of rotatable bonds is 10. The molecule has 0 radical (unpaired) electrons. The summed E-state index contributed by atoms with van der Waals surface area (Å²) in [6, 6.07) is 14.1. The molecule has 4 nitrogen and oxygen atoms in total. The van der Waals surface area contributed by atoms with E-state index >= 15 is 0 Å². The van der Waals surface area contributed by atoms with Crippen LogP contribution in [0, 0.1) is 11.7 Å². The zero-order valence-corrected chi connectivity index (χ0v) is 14.7. The molecule has 1 N–H and O–H groups in total. The van der Waals surface area contributed by atoms with Crippen molar-refractivity contribution < 1.29 is 23.7 Å². The average molecular weight is 348 g/mol. The Morgan fingerprint density at radius 2 is 1.84 bits per heavy atom. The summed E-state index contributed by atoms with van der Waals surface area (Å²) < 4.78 is 30.2. The molecule has 5 heteroatoms. The molecule has 0 saturated carbocycles. The summed E-state index contributed by atoms with van der Waals surface area (Å²) >= 11 is 0. The van der Waals surface area contributed by atoms with E-state index in [0.29, 0.717) is 31.1 Å². The Hall–Kier alpha value is -1.95. The summed E-state index contributed by atoms with van der Waals surface area (Å²) in [5.41, 5.74) is 1.62. The summed E-state index contributed by atoms with van der Waals surface area (Å²) in [5, 5.41) is 9.59. The molecule has 2 aromatic rings. The van der Waals surface area contributed by atoms with Crippen LogP contribution < -0.4 is 4.74 Å². The van der Waals surface area contributed by atoms with Gasteiger partial charge in [-0.2, -0.15) is 0 Å². The second-order valence-electron chi connectivity index (χ2n) is 6.00. The number of ether oxygens (including phenoxy) is 3. The van der Waals surface area contributed by atoms with Crippen LogP contribution in [0.3, 0.4) is 0 Å². The first-order chi connectivity index (χ1) is 12.1. The Morgan fingerprint density at radius 3 is 2.52 bits per heavy atom. The topological polar surface area (TPSA) is 47.9 Å². The molecule has 0 aliphatic heterocycles. The lowest BCUT2D eigenvalue weighted by Crippen LogP contribution is -2.18. The van der Waals surface area contributed by atoms with Crippen molar-refractivity contribution in [3.8, 4) is 5.75 Å². The molecule has 0 saturated heterocycles. The highest BCUT2D eigenvalue weighted by Crippen LogP contribution is 2.28. The van der Waals surface area contributed by atoms with E-state index in [2.05, 4.69) is 0 Å². The van der Waals surface area contributed by atoms with Gasteiger partial charge in [-0.3, -0.25) is 0 Å². The van der Waals surface area contributed by atoms with Crippen LogP contribution in [0.1, 0.15) is 24.2 Å². The van der Waals surface area contributed by atoms with Crippen molar-refractivity contribution in [3.63, 3.8) is 0 Å². The number of aliphatic hydroxyl groups is 1. The Kier molecular flexibility index (Phi) is 7.85. The lowest BCUT2D eigenvalue weighted by molar-refractivity contribution is -0.0236. The summed E-state index contributed by atoms with van der Waals surface area (Å²) in [6.07, 6.45) is -0.637. The number of methoxy groups -OCH3 is 1. The van der Waals surface area contributed by atoms with E-state index in [4.69, 9.17) is 14.2 Å². The molecular formula is C20H25FO4. The maximum absolute atomic E-state index is 13.5. The lowest BCUT2D eigenvalue weighted by atomic mass is 10.1. The van der Waals surface area contributed by atoms with Gasteiger partial charge in [0, 0.05) is 11.5 Å². The van der Waals surface area contributed by atoms with Crippen LogP contribution >= 0.6 is 0 Å². The van der Waals surface area contributed by atoms with Crippen molar-refractivity contribution in [2.24, 2.45) is 5.92 Å². The maximum atomic E-state index is 13.5. The normalized spacial score (nSPS) is 13.4. The molecule has 0 fully saturated rings. The van der Waals surface area contributed by atoms with Crippen molar-refractivity contribution in [1.82, 2.24) is 0 Å². The molecule has 0 heterocycles. The second-order valence-corrected chi connectivity index (χ2v) is 6.00. The van der Waals surface area contributed by atoms with Crippen LogP contribution in [0.25, 0.3) is 0 Å². The third-order valence-corrected chi connectivity index (χ3v) is 3.80. The Labute approximate surface area is 148 Å². The van der Waals surface area contributed by atoms with Crippen LogP contribution in [-0.2, 0) is 16.1 Å². The summed E-state index contributed by atoms with van der Waals surface area (Å²) in [4.78, 5) is 0. The summed E-state index contributed by atoms with van der Waals surface area (Å²) in [6.45, 7) is 3.22. The van der Waals surface area contributed by atoms with Gasteiger partial charge in [0.15, 0.2) is 0 Å². The van der Waals surface area contributed by atoms with E-state index in [1.165, 1.54) is 25.3 Å². The van der Waals surface area contributed by atoms with E-state index in [1.54, 1.807) is 0 Å². The molecule has 136 valence electrons. The highest BCUT2D eigenvalue weighted by Gasteiger charge is 2.18. The molecule has 1 unspecified atom stereocenters. The molecule has 0 bridgehead atoms. The van der Waals surface area contributed by atoms with Crippen LogP contribution in [0.15, 0.2) is 48.5 Å². The van der Waals surface area contributed by atoms with Gasteiger partial charge in [-0.05, 0) is 23.8 Å². The van der Waals surface area contributed by atoms with Crippen LogP contribution in [0.2, 0.25) is 0 Å². The van der Waals surface area contributed by atoms with Crippen LogP contribution in [0.4, 0.5) is 4.39 Å². The van der Waals surface area contributed by atoms with Gasteiger partial charge in [0.25, 0.3) is 0 Å². The average Bonchev–Trinajstić information content (AvgIpc) is 2.63. The minimum absolute atomic E-state index is 0.136. The molecule has 0 spiro atoms. The van der Waals surface area contributed by atoms with Gasteiger partial charge < -0.3 is 19.3 Å². The minimum atomic E-state index is -0.637. The van der Waals surface area contributed by atoms with Crippen molar-refractivity contribution >= 4 is 0 Å². The first-order valence-electron chi connectivity index (χ1n) is 8.31. The smallest absolute Gasteiger partial charge is 0.124 e. The molecule has 0 aliphatic rings. The largest absolute Gasteiger partial charge is 0.496 e. The quantitative estimate of drug-likeness (QED) is 0.711. The predicted octanol–water partition coefficient (Wildman–Crippen LogP) is 3.74. The maximum Gasteiger partial charge on any atom is 0.124 e. The Bertz CT molecular complexity index is 633. The third kappa shape index (κ3) is 6.12. The molecule has 2 atom stereocenters. The fraction of sp³-hybridized carbons (Fsp3) is 0.400. The van der Waals surface area contributed by atoms with E-state index in [0.717, 1.165) is 5.56 Å². The van der Waals surface area contributed by atoms with Gasteiger partial charge in [0.2, 0.25) is 0 Å². The van der Waals surface area contributed by atoms with Gasteiger partial charge in [0.1, 0.15) is 17.7 Å². The monoisotopic (exact) mass is 348 g/mol. The highest BCUT2D eigenvalue weighted by molar-refractivity contribution is 5.35. The second kappa shape index (κ2) is 10.1. The predicted molar refractivity (Wildman–Crippen MR) is 94.0 cm³/mol. The van der Waals surface area contributed by atoms with Gasteiger partial charge in [0.05, 0.1) is 33.5 Å². The van der Waals surface area contributed by atoms with Gasteiger partial charge in [-0.25, -0.2) is 4.39 Å². The Morgan fingerprint density at radius 1 is 1.08 bits per heavy atom. The first-order valence-corrected chi connectivity index (χ1v) is 8.31. The molecule has 0 aliphatic carbocycles. The van der Waals surface area contributed by atoms with Crippen molar-refractivity contribution in [2.75, 3.05) is 26.9 Å². The SMILES string of the molecule is COc1ccc(F)cc1[C@H](CO)OCC(C)COCc1ccccc1. The number of aliphatic hydroxyl groups excluding tert-OH is 1. The van der Waals surface area contributed by atoms with Crippen LogP contribution in [0.5, 0.6) is 5.75 Å². The van der Waals surface area contributed by atoms with E-state index in [-0.39, 0.29) is 12.5 Å². The molecule has 0 aromatic heterocycles. The number of halogens is 1. The van der Waals surface area contributed by atoms with E-state index in [1.807, 2.05) is 37.3 Å². The zero-order valence-electron chi connectivity index (χ0n) is 14.7. The van der Waals surface area contributed by atoms with Gasteiger partial charge in [-0.15, -0.1) is 0 Å². The van der Waals surface area contributed by atoms with E-state index in [9.17, 15) is 9.50 Å². The standard InChI is InChI=1S/C20H25FO4/c1-15(12-24-14-16-6-4-3-5-7-16)13-25-20(11-22)18-10-17(21)8-9-19(18)23-2/h3-10,15,20,22H,11-14H2,1-2H3/t15?,20-/m0/s1. The summed E-state index contributed by atoms with van der Waals surface area (Å²) in [7, 11) is 1.51. The molecule has 2 aromatic carbocycles. The zero-order chi connectivity index (χ0) is 18.1. The first kappa shape index (κ1) is 19.4.